The molecule has 1 aromatic carbocycles. The fourth-order valence-corrected chi connectivity index (χ4v) is 4.09. The second-order valence-electron chi connectivity index (χ2n) is 6.60. The Morgan fingerprint density at radius 1 is 1.19 bits per heavy atom. The van der Waals surface area contributed by atoms with Gasteiger partial charge in [-0.3, -0.25) is 9.48 Å². The quantitative estimate of drug-likeness (QED) is 0.705. The van der Waals surface area contributed by atoms with Crippen LogP contribution in [0.1, 0.15) is 42.9 Å². The van der Waals surface area contributed by atoms with Crippen LogP contribution in [0.2, 0.25) is 0 Å². The van der Waals surface area contributed by atoms with Crippen molar-refractivity contribution in [3.63, 3.8) is 0 Å². The third-order valence-corrected chi connectivity index (χ3v) is 5.79. The van der Waals surface area contributed by atoms with Crippen LogP contribution in [0.3, 0.4) is 0 Å². The lowest BCUT2D eigenvalue weighted by Crippen LogP contribution is -2.25. The van der Waals surface area contributed by atoms with Gasteiger partial charge in [-0.1, -0.05) is 12.1 Å². The van der Waals surface area contributed by atoms with Crippen molar-refractivity contribution in [2.24, 2.45) is 7.05 Å². The van der Waals surface area contributed by atoms with Crippen molar-refractivity contribution in [1.82, 2.24) is 20.1 Å². The van der Waals surface area contributed by atoms with E-state index in [0.717, 1.165) is 34.1 Å². The van der Waals surface area contributed by atoms with Crippen molar-refractivity contribution >= 4 is 17.2 Å². The van der Waals surface area contributed by atoms with Crippen LogP contribution in [-0.4, -0.2) is 27.2 Å². The first kappa shape index (κ1) is 19.2. The minimum absolute atomic E-state index is 0.102. The molecule has 2 heterocycles. The predicted octanol–water partition coefficient (Wildman–Crippen LogP) is 3.50. The van der Waals surface area contributed by atoms with Gasteiger partial charge >= 0.3 is 0 Å². The molecule has 0 spiro atoms. The van der Waals surface area contributed by atoms with Gasteiger partial charge in [0, 0.05) is 25.7 Å². The van der Waals surface area contributed by atoms with E-state index < -0.39 is 0 Å². The van der Waals surface area contributed by atoms with Crippen LogP contribution >= 0.6 is 11.3 Å². The van der Waals surface area contributed by atoms with Crippen molar-refractivity contribution in [3.05, 3.63) is 68.2 Å². The molecular formula is C20H23FN4OS. The third-order valence-electron chi connectivity index (χ3n) is 4.64. The van der Waals surface area contributed by atoms with Gasteiger partial charge in [-0.2, -0.15) is 5.10 Å². The Bertz CT molecular complexity index is 959. The molecule has 0 unspecified atom stereocenters. The Kier molecular flexibility index (Phi) is 5.70. The second kappa shape index (κ2) is 8.00. The van der Waals surface area contributed by atoms with Gasteiger partial charge in [-0.25, -0.2) is 9.37 Å². The molecule has 0 aliphatic rings. The topological polar surface area (TPSA) is 59.8 Å². The molecule has 0 aliphatic carbocycles. The van der Waals surface area contributed by atoms with Crippen molar-refractivity contribution < 1.29 is 9.18 Å². The van der Waals surface area contributed by atoms with E-state index in [0.29, 0.717) is 17.8 Å². The van der Waals surface area contributed by atoms with Crippen molar-refractivity contribution in [3.8, 4) is 0 Å². The lowest BCUT2D eigenvalue weighted by Gasteiger charge is -2.05. The Labute approximate surface area is 162 Å². The summed E-state index contributed by atoms with van der Waals surface area (Å²) in [7, 11) is 1.92. The van der Waals surface area contributed by atoms with Gasteiger partial charge in [0.2, 0.25) is 0 Å². The zero-order valence-electron chi connectivity index (χ0n) is 16.0. The number of benzene rings is 1. The van der Waals surface area contributed by atoms with Gasteiger partial charge in [-0.05, 0) is 50.5 Å². The predicted molar refractivity (Wildman–Crippen MR) is 105 cm³/mol. The number of hydrogen-bond acceptors (Lipinski definition) is 4. The van der Waals surface area contributed by atoms with Gasteiger partial charge < -0.3 is 5.32 Å². The fraction of sp³-hybridized carbons (Fsp3) is 0.350. The Morgan fingerprint density at radius 2 is 1.89 bits per heavy atom. The van der Waals surface area contributed by atoms with Crippen LogP contribution in [-0.2, 0) is 19.9 Å². The summed E-state index contributed by atoms with van der Waals surface area (Å²) in [6.07, 6.45) is 1.34. The maximum Gasteiger partial charge on any atom is 0.263 e. The number of carbonyl (C=O) groups excluding carboxylic acids is 1. The van der Waals surface area contributed by atoms with Crippen LogP contribution in [0.5, 0.6) is 0 Å². The van der Waals surface area contributed by atoms with E-state index in [-0.39, 0.29) is 11.7 Å². The van der Waals surface area contributed by atoms with Crippen LogP contribution < -0.4 is 5.32 Å². The molecule has 0 radical (unpaired) electrons. The smallest absolute Gasteiger partial charge is 0.263 e. The van der Waals surface area contributed by atoms with E-state index >= 15 is 0 Å². The summed E-state index contributed by atoms with van der Waals surface area (Å²) in [5.74, 6) is -0.359. The van der Waals surface area contributed by atoms with Crippen LogP contribution in [0.25, 0.3) is 0 Å². The molecule has 27 heavy (non-hydrogen) atoms. The Hall–Kier alpha value is -2.54. The molecule has 3 aromatic rings. The van der Waals surface area contributed by atoms with E-state index in [2.05, 4.69) is 15.4 Å². The molecule has 1 amide bonds. The number of halogens is 1. The molecule has 0 fully saturated rings. The van der Waals surface area contributed by atoms with E-state index in [1.165, 1.54) is 29.0 Å². The number of nitrogens with one attached hydrogen (secondary N) is 1. The minimum atomic E-state index is -0.256. The summed E-state index contributed by atoms with van der Waals surface area (Å²) >= 11 is 1.39. The summed E-state index contributed by atoms with van der Waals surface area (Å²) in [5, 5.41) is 8.23. The van der Waals surface area contributed by atoms with Gasteiger partial charge in [0.1, 0.15) is 10.7 Å². The van der Waals surface area contributed by atoms with E-state index in [1.807, 2.05) is 32.5 Å². The fourth-order valence-electron chi connectivity index (χ4n) is 3.08. The van der Waals surface area contributed by atoms with E-state index in [9.17, 15) is 9.18 Å². The summed E-state index contributed by atoms with van der Waals surface area (Å²) < 4.78 is 14.9. The highest BCUT2D eigenvalue weighted by molar-refractivity contribution is 7.13. The number of amides is 1. The largest absolute Gasteiger partial charge is 0.351 e. The summed E-state index contributed by atoms with van der Waals surface area (Å²) in [4.78, 5) is 17.7. The molecule has 5 nitrogen and oxygen atoms in total. The normalized spacial score (nSPS) is 11.0. The maximum atomic E-state index is 13.0. The third kappa shape index (κ3) is 4.42. The first-order valence-corrected chi connectivity index (χ1v) is 9.65. The zero-order valence-corrected chi connectivity index (χ0v) is 16.8. The monoisotopic (exact) mass is 386 g/mol. The lowest BCUT2D eigenvalue weighted by molar-refractivity contribution is 0.0957. The summed E-state index contributed by atoms with van der Waals surface area (Å²) in [6, 6.07) is 6.35. The maximum absolute atomic E-state index is 13.0. The van der Waals surface area contributed by atoms with Crippen LogP contribution in [0, 0.1) is 26.6 Å². The minimum Gasteiger partial charge on any atom is -0.351 e. The highest BCUT2D eigenvalue weighted by Gasteiger charge is 2.16. The highest BCUT2D eigenvalue weighted by Crippen LogP contribution is 2.21. The molecular weight excluding hydrogens is 363 g/mol. The first-order chi connectivity index (χ1) is 12.8. The average molecular weight is 386 g/mol. The van der Waals surface area contributed by atoms with Crippen LogP contribution in [0.4, 0.5) is 4.39 Å². The zero-order chi connectivity index (χ0) is 19.6. The van der Waals surface area contributed by atoms with Crippen LogP contribution in [0.15, 0.2) is 24.3 Å². The molecule has 7 heteroatoms. The summed E-state index contributed by atoms with van der Waals surface area (Å²) in [6.45, 7) is 6.41. The van der Waals surface area contributed by atoms with E-state index in [1.54, 1.807) is 12.1 Å². The van der Waals surface area contributed by atoms with Gasteiger partial charge in [0.05, 0.1) is 16.4 Å². The number of thiazole rings is 1. The van der Waals surface area contributed by atoms with Crippen molar-refractivity contribution in [2.75, 3.05) is 6.54 Å². The van der Waals surface area contributed by atoms with Gasteiger partial charge in [0.25, 0.3) is 5.91 Å². The standard InChI is InChI=1S/C20H23FN4OS/c1-12-17(14(3)25(4)24-12)9-10-22-20(26)19-13(2)23-18(27-19)11-15-5-7-16(21)8-6-15/h5-8H,9-11H2,1-4H3,(H,22,26). The second-order valence-corrected chi connectivity index (χ2v) is 7.69. The SMILES string of the molecule is Cc1nc(Cc2ccc(F)cc2)sc1C(=O)NCCc1c(C)nn(C)c1C. The summed E-state index contributed by atoms with van der Waals surface area (Å²) in [5.41, 5.74) is 5.00. The number of carbonyl (C=O) groups is 1. The molecule has 0 bridgehead atoms. The van der Waals surface area contributed by atoms with Gasteiger partial charge in [0.15, 0.2) is 0 Å². The number of nitrogens with zero attached hydrogens (tertiary/aromatic N) is 3. The molecule has 0 saturated carbocycles. The van der Waals surface area contributed by atoms with Crippen molar-refractivity contribution in [2.45, 2.75) is 33.6 Å². The molecule has 142 valence electrons. The average Bonchev–Trinajstić information content (AvgIpc) is 3.10. The molecule has 1 N–H and O–H groups in total. The Balaban J connectivity index is 1.61. The molecule has 0 aliphatic heterocycles. The van der Waals surface area contributed by atoms with Gasteiger partial charge in [-0.15, -0.1) is 11.3 Å². The lowest BCUT2D eigenvalue weighted by atomic mass is 10.1. The number of hydrogen-bond donors (Lipinski definition) is 1. The van der Waals surface area contributed by atoms with E-state index in [4.69, 9.17) is 0 Å². The number of rotatable bonds is 6. The number of aromatic nitrogens is 3. The van der Waals surface area contributed by atoms with Crippen molar-refractivity contribution in [1.29, 1.82) is 0 Å². The Morgan fingerprint density at radius 3 is 2.52 bits per heavy atom. The molecule has 2 aromatic heterocycles. The molecule has 0 saturated heterocycles. The molecule has 3 rings (SSSR count). The highest BCUT2D eigenvalue weighted by atomic mass is 32.1. The first-order valence-electron chi connectivity index (χ1n) is 8.83. The molecule has 0 atom stereocenters. The number of aryl methyl sites for hydroxylation is 3.